The molecule has 0 heterocycles. The van der Waals surface area contributed by atoms with Gasteiger partial charge < -0.3 is 5.73 Å². The fourth-order valence-electron chi connectivity index (χ4n) is 2.12. The molecule has 0 amide bonds. The molecule has 0 radical (unpaired) electrons. The molecule has 0 spiro atoms. The van der Waals surface area contributed by atoms with Crippen LogP contribution in [0.25, 0.3) is 0 Å². The molecule has 2 nitrogen and oxygen atoms in total. The number of carbonyl (C=O) groups is 1. The van der Waals surface area contributed by atoms with E-state index < -0.39 is 0 Å². The molecule has 2 heteroatoms. The van der Waals surface area contributed by atoms with Crippen LogP contribution in [0.2, 0.25) is 0 Å². The minimum absolute atomic E-state index is 0.0980. The van der Waals surface area contributed by atoms with Crippen molar-refractivity contribution in [2.75, 3.05) is 5.73 Å². The number of rotatable bonds is 3. The molecule has 20 heavy (non-hydrogen) atoms. The van der Waals surface area contributed by atoms with Crippen LogP contribution in [0.5, 0.6) is 0 Å². The Bertz CT molecular complexity index is 606. The van der Waals surface area contributed by atoms with Gasteiger partial charge >= 0.3 is 0 Å². The Kier molecular flexibility index (Phi) is 3.93. The van der Waals surface area contributed by atoms with Crippen LogP contribution in [0.15, 0.2) is 48.5 Å². The molecule has 2 aromatic rings. The predicted molar refractivity (Wildman–Crippen MR) is 84.0 cm³/mol. The van der Waals surface area contributed by atoms with Crippen LogP contribution < -0.4 is 5.73 Å². The number of ketones is 1. The first-order chi connectivity index (χ1) is 9.36. The van der Waals surface area contributed by atoms with Gasteiger partial charge in [-0.2, -0.15) is 0 Å². The van der Waals surface area contributed by atoms with E-state index in [0.29, 0.717) is 17.7 Å². The lowest BCUT2D eigenvalue weighted by molar-refractivity contribution is 0.0993. The van der Waals surface area contributed by atoms with E-state index in [1.165, 1.54) is 5.56 Å². The summed E-state index contributed by atoms with van der Waals surface area (Å²) in [7, 11) is 0. The molecule has 0 bridgehead atoms. The lowest BCUT2D eigenvalue weighted by Crippen LogP contribution is -2.11. The summed E-state index contributed by atoms with van der Waals surface area (Å²) in [5, 5.41) is 0. The maximum Gasteiger partial charge on any atom is 0.167 e. The van der Waals surface area contributed by atoms with E-state index in [9.17, 15) is 4.79 Å². The summed E-state index contributed by atoms with van der Waals surface area (Å²) in [6.45, 7) is 6.54. The first-order valence-electron chi connectivity index (χ1n) is 6.84. The number of nitrogens with two attached hydrogens (primary N) is 1. The van der Waals surface area contributed by atoms with Gasteiger partial charge in [-0.1, -0.05) is 57.2 Å². The maximum atomic E-state index is 12.2. The van der Waals surface area contributed by atoms with Crippen LogP contribution in [0.3, 0.4) is 0 Å². The van der Waals surface area contributed by atoms with Crippen LogP contribution >= 0.6 is 0 Å². The second-order valence-electron chi connectivity index (χ2n) is 6.17. The van der Waals surface area contributed by atoms with Crippen molar-refractivity contribution in [3.63, 3.8) is 0 Å². The van der Waals surface area contributed by atoms with Gasteiger partial charge in [0.1, 0.15) is 0 Å². The summed E-state index contributed by atoms with van der Waals surface area (Å²) >= 11 is 0. The molecule has 0 aliphatic heterocycles. The maximum absolute atomic E-state index is 12.2. The number of benzene rings is 2. The molecule has 0 aliphatic rings. The Labute approximate surface area is 120 Å². The molecule has 104 valence electrons. The van der Waals surface area contributed by atoms with E-state index in [0.717, 1.165) is 5.56 Å². The third-order valence-electron chi connectivity index (χ3n) is 3.39. The van der Waals surface area contributed by atoms with E-state index in [2.05, 4.69) is 32.9 Å². The quantitative estimate of drug-likeness (QED) is 0.675. The van der Waals surface area contributed by atoms with Crippen molar-refractivity contribution >= 4 is 11.5 Å². The smallest absolute Gasteiger partial charge is 0.167 e. The van der Waals surface area contributed by atoms with Gasteiger partial charge in [-0.15, -0.1) is 0 Å². The third-order valence-corrected chi connectivity index (χ3v) is 3.39. The first-order valence-corrected chi connectivity index (χ1v) is 6.84. The molecule has 0 fully saturated rings. The standard InChI is InChI=1S/C18H21NO/c1-18(2,3)15-9-7-13(8-10-15)11-17(20)14-5-4-6-16(19)12-14/h4-10,12H,11,19H2,1-3H3. The first kappa shape index (κ1) is 14.3. The zero-order chi connectivity index (χ0) is 14.8. The number of Topliss-reactive ketones (excluding diaryl/α,β-unsaturated/α-hetero) is 1. The molecule has 2 N–H and O–H groups in total. The highest BCUT2D eigenvalue weighted by atomic mass is 16.1. The Balaban J connectivity index is 2.12. The van der Waals surface area contributed by atoms with Crippen LogP contribution in [-0.2, 0) is 11.8 Å². The zero-order valence-corrected chi connectivity index (χ0v) is 12.3. The van der Waals surface area contributed by atoms with Gasteiger partial charge in [-0.25, -0.2) is 0 Å². The van der Waals surface area contributed by atoms with Gasteiger partial charge in [-0.3, -0.25) is 4.79 Å². The lowest BCUT2D eigenvalue weighted by atomic mass is 9.86. The largest absolute Gasteiger partial charge is 0.399 e. The zero-order valence-electron chi connectivity index (χ0n) is 12.3. The predicted octanol–water partition coefficient (Wildman–Crippen LogP) is 3.99. The normalized spacial score (nSPS) is 11.3. The number of nitrogen functional groups attached to an aromatic ring is 1. The lowest BCUT2D eigenvalue weighted by Gasteiger charge is -2.19. The summed E-state index contributed by atoms with van der Waals surface area (Å²) < 4.78 is 0. The van der Waals surface area contributed by atoms with Crippen LogP contribution in [0.4, 0.5) is 5.69 Å². The second-order valence-corrected chi connectivity index (χ2v) is 6.17. The molecular formula is C18H21NO. The summed E-state index contributed by atoms with van der Waals surface area (Å²) in [5.41, 5.74) is 9.44. The minimum atomic E-state index is 0.0980. The van der Waals surface area contributed by atoms with Crippen LogP contribution in [0, 0.1) is 0 Å². The Morgan fingerprint density at radius 2 is 1.70 bits per heavy atom. The Morgan fingerprint density at radius 3 is 2.25 bits per heavy atom. The molecular weight excluding hydrogens is 246 g/mol. The summed E-state index contributed by atoms with van der Waals surface area (Å²) in [5.74, 6) is 0.0980. The third kappa shape index (κ3) is 3.47. The highest BCUT2D eigenvalue weighted by molar-refractivity contribution is 5.98. The fraction of sp³-hybridized carbons (Fsp3) is 0.278. The summed E-state index contributed by atoms with van der Waals surface area (Å²) in [4.78, 5) is 12.2. The van der Waals surface area contributed by atoms with Crippen molar-refractivity contribution in [2.45, 2.75) is 32.6 Å². The topological polar surface area (TPSA) is 43.1 Å². The number of carbonyl (C=O) groups excluding carboxylic acids is 1. The van der Waals surface area contributed by atoms with Crippen molar-refractivity contribution in [3.05, 3.63) is 65.2 Å². The molecule has 0 aliphatic carbocycles. The fourth-order valence-corrected chi connectivity index (χ4v) is 2.12. The van der Waals surface area contributed by atoms with Crippen molar-refractivity contribution in [3.8, 4) is 0 Å². The molecule has 0 unspecified atom stereocenters. The molecule has 0 aromatic heterocycles. The summed E-state index contributed by atoms with van der Waals surface area (Å²) in [6.07, 6.45) is 0.411. The van der Waals surface area contributed by atoms with Crippen molar-refractivity contribution in [2.24, 2.45) is 0 Å². The van der Waals surface area contributed by atoms with Crippen LogP contribution in [-0.4, -0.2) is 5.78 Å². The monoisotopic (exact) mass is 267 g/mol. The van der Waals surface area contributed by atoms with E-state index in [-0.39, 0.29) is 11.2 Å². The Hall–Kier alpha value is -2.09. The average molecular weight is 267 g/mol. The highest BCUT2D eigenvalue weighted by Crippen LogP contribution is 2.22. The minimum Gasteiger partial charge on any atom is -0.399 e. The average Bonchev–Trinajstić information content (AvgIpc) is 2.38. The van der Waals surface area contributed by atoms with E-state index in [1.54, 1.807) is 12.1 Å². The Morgan fingerprint density at radius 1 is 1.05 bits per heavy atom. The van der Waals surface area contributed by atoms with E-state index in [1.807, 2.05) is 24.3 Å². The molecule has 0 saturated heterocycles. The molecule has 2 aromatic carbocycles. The van der Waals surface area contributed by atoms with Gasteiger partial charge in [0.25, 0.3) is 0 Å². The van der Waals surface area contributed by atoms with Crippen LogP contribution in [0.1, 0.15) is 42.3 Å². The number of anilines is 1. The van der Waals surface area contributed by atoms with Gasteiger partial charge in [0.15, 0.2) is 5.78 Å². The van der Waals surface area contributed by atoms with E-state index >= 15 is 0 Å². The SMILES string of the molecule is CC(C)(C)c1ccc(CC(=O)c2cccc(N)c2)cc1. The van der Waals surface area contributed by atoms with Gasteiger partial charge in [0.2, 0.25) is 0 Å². The highest BCUT2D eigenvalue weighted by Gasteiger charge is 2.13. The molecule has 0 saturated carbocycles. The van der Waals surface area contributed by atoms with Crippen molar-refractivity contribution in [1.29, 1.82) is 0 Å². The van der Waals surface area contributed by atoms with Gasteiger partial charge in [0.05, 0.1) is 0 Å². The molecule has 0 atom stereocenters. The van der Waals surface area contributed by atoms with Crippen molar-refractivity contribution in [1.82, 2.24) is 0 Å². The number of hydrogen-bond acceptors (Lipinski definition) is 2. The number of hydrogen-bond donors (Lipinski definition) is 1. The van der Waals surface area contributed by atoms with Gasteiger partial charge in [-0.05, 0) is 28.7 Å². The summed E-state index contributed by atoms with van der Waals surface area (Å²) in [6, 6.07) is 15.4. The molecule has 2 rings (SSSR count). The second kappa shape index (κ2) is 5.49. The van der Waals surface area contributed by atoms with E-state index in [4.69, 9.17) is 5.73 Å². The van der Waals surface area contributed by atoms with Crippen molar-refractivity contribution < 1.29 is 4.79 Å². The van der Waals surface area contributed by atoms with Gasteiger partial charge in [0, 0.05) is 17.7 Å².